The number of aromatic nitrogens is 4. The largest absolute Gasteiger partial charge is 0.282 e. The van der Waals surface area contributed by atoms with Crippen molar-refractivity contribution in [2.45, 2.75) is 32.1 Å². The van der Waals surface area contributed by atoms with Gasteiger partial charge in [0.1, 0.15) is 17.5 Å². The summed E-state index contributed by atoms with van der Waals surface area (Å²) < 4.78 is 2.11. The van der Waals surface area contributed by atoms with Gasteiger partial charge in [-0.1, -0.05) is 18.6 Å². The first-order valence-electron chi connectivity index (χ1n) is 8.09. The second-order valence-electron chi connectivity index (χ2n) is 6.05. The van der Waals surface area contributed by atoms with Crippen molar-refractivity contribution in [2.75, 3.05) is 0 Å². The van der Waals surface area contributed by atoms with Gasteiger partial charge >= 0.3 is 0 Å². The van der Waals surface area contributed by atoms with Crippen molar-refractivity contribution in [3.05, 3.63) is 47.4 Å². The molecule has 0 unspecified atom stereocenters. The fraction of sp³-hybridized carbons (Fsp3) is 0.278. The molecule has 0 aliphatic heterocycles. The van der Waals surface area contributed by atoms with E-state index in [1.807, 2.05) is 35.9 Å². The summed E-state index contributed by atoms with van der Waals surface area (Å²) in [6.07, 6.45) is 9.76. The van der Waals surface area contributed by atoms with Gasteiger partial charge in [-0.05, 0) is 43.4 Å². The van der Waals surface area contributed by atoms with Crippen LogP contribution < -0.4 is 0 Å². The Labute approximate surface area is 137 Å². The van der Waals surface area contributed by atoms with Gasteiger partial charge in [-0.2, -0.15) is 0 Å². The monoisotopic (exact) mass is 320 g/mol. The summed E-state index contributed by atoms with van der Waals surface area (Å²) in [6, 6.07) is 8.21. The molecule has 0 fully saturated rings. The van der Waals surface area contributed by atoms with E-state index in [1.54, 1.807) is 6.33 Å². The summed E-state index contributed by atoms with van der Waals surface area (Å²) in [7, 11) is 0. The first kappa shape index (κ1) is 13.2. The molecule has 4 nitrogen and oxygen atoms in total. The van der Waals surface area contributed by atoms with Crippen LogP contribution in [0, 0.1) is 0 Å². The van der Waals surface area contributed by atoms with Crippen molar-refractivity contribution in [3.8, 4) is 5.82 Å². The van der Waals surface area contributed by atoms with Crippen molar-refractivity contribution in [2.24, 2.45) is 0 Å². The number of hydrogen-bond acceptors (Lipinski definition) is 4. The first-order valence-corrected chi connectivity index (χ1v) is 8.91. The van der Waals surface area contributed by atoms with E-state index in [0.29, 0.717) is 0 Å². The number of para-hydroxylation sites is 2. The van der Waals surface area contributed by atoms with E-state index in [-0.39, 0.29) is 0 Å². The third-order valence-corrected chi connectivity index (χ3v) is 5.86. The highest BCUT2D eigenvalue weighted by Crippen LogP contribution is 2.37. The molecule has 1 aliphatic rings. The van der Waals surface area contributed by atoms with Crippen LogP contribution in [0.4, 0.5) is 0 Å². The van der Waals surface area contributed by atoms with Gasteiger partial charge in [0.05, 0.1) is 16.4 Å². The van der Waals surface area contributed by atoms with Crippen molar-refractivity contribution >= 4 is 32.6 Å². The smallest absolute Gasteiger partial charge is 0.150 e. The predicted molar refractivity (Wildman–Crippen MR) is 93.3 cm³/mol. The first-order chi connectivity index (χ1) is 11.4. The molecular weight excluding hydrogens is 304 g/mol. The molecule has 5 rings (SSSR count). The SMILES string of the molecule is c1ccc2c(c1)ncn2-c1ncnc2sc3c(c12)CCCCC3. The molecule has 0 saturated heterocycles. The van der Waals surface area contributed by atoms with Crippen LogP contribution in [0.5, 0.6) is 0 Å². The zero-order valence-corrected chi connectivity index (χ0v) is 13.5. The van der Waals surface area contributed by atoms with E-state index in [2.05, 4.69) is 25.6 Å². The minimum Gasteiger partial charge on any atom is -0.282 e. The molecule has 3 heterocycles. The Morgan fingerprint density at radius 2 is 1.87 bits per heavy atom. The van der Waals surface area contributed by atoms with Gasteiger partial charge in [0.2, 0.25) is 0 Å². The normalized spacial score (nSPS) is 15.0. The van der Waals surface area contributed by atoms with Gasteiger partial charge in [0.25, 0.3) is 0 Å². The van der Waals surface area contributed by atoms with Crippen LogP contribution >= 0.6 is 11.3 Å². The van der Waals surface area contributed by atoms with Crippen LogP contribution in [-0.2, 0) is 12.8 Å². The summed E-state index contributed by atoms with van der Waals surface area (Å²) in [5.74, 6) is 0.975. The molecular formula is C18H16N4S. The van der Waals surface area contributed by atoms with Gasteiger partial charge < -0.3 is 0 Å². The number of rotatable bonds is 1. The Hall–Kier alpha value is -2.27. The van der Waals surface area contributed by atoms with Crippen LogP contribution in [0.1, 0.15) is 29.7 Å². The molecule has 3 aromatic heterocycles. The molecule has 23 heavy (non-hydrogen) atoms. The lowest BCUT2D eigenvalue weighted by molar-refractivity contribution is 0.713. The predicted octanol–water partition coefficient (Wildman–Crippen LogP) is 4.30. The average Bonchev–Trinajstić information content (AvgIpc) is 3.09. The maximum Gasteiger partial charge on any atom is 0.150 e. The van der Waals surface area contributed by atoms with Gasteiger partial charge in [-0.25, -0.2) is 15.0 Å². The third kappa shape index (κ3) is 2.00. The fourth-order valence-electron chi connectivity index (χ4n) is 3.56. The number of aryl methyl sites for hydroxylation is 2. The Kier molecular flexibility index (Phi) is 2.94. The van der Waals surface area contributed by atoms with Gasteiger partial charge in [-0.3, -0.25) is 4.57 Å². The number of fused-ring (bicyclic) bond motifs is 4. The van der Waals surface area contributed by atoms with Gasteiger partial charge in [0, 0.05) is 4.88 Å². The second-order valence-corrected chi connectivity index (χ2v) is 7.13. The lowest BCUT2D eigenvalue weighted by Gasteiger charge is -2.07. The number of nitrogens with zero attached hydrogens (tertiary/aromatic N) is 4. The quantitative estimate of drug-likeness (QED) is 0.491. The van der Waals surface area contributed by atoms with Crippen molar-refractivity contribution in [1.29, 1.82) is 0 Å². The molecule has 0 radical (unpaired) electrons. The highest BCUT2D eigenvalue weighted by Gasteiger charge is 2.20. The zero-order chi connectivity index (χ0) is 15.2. The standard InChI is InChI=1S/C18H16N4S/c1-2-6-12-15(9-3-1)23-18-16(12)17(19-10-20-18)22-11-21-13-7-4-5-8-14(13)22/h4-5,7-8,10-11H,1-3,6,9H2. The van der Waals surface area contributed by atoms with E-state index >= 15 is 0 Å². The number of hydrogen-bond donors (Lipinski definition) is 0. The van der Waals surface area contributed by atoms with E-state index in [0.717, 1.165) is 28.1 Å². The van der Waals surface area contributed by atoms with Crippen LogP contribution in [0.15, 0.2) is 36.9 Å². The maximum atomic E-state index is 4.63. The molecule has 0 atom stereocenters. The number of benzene rings is 1. The fourth-order valence-corrected chi connectivity index (χ4v) is 4.78. The Bertz CT molecular complexity index is 1010. The molecule has 4 aromatic rings. The second kappa shape index (κ2) is 5.13. The highest BCUT2D eigenvalue weighted by molar-refractivity contribution is 7.18. The van der Waals surface area contributed by atoms with E-state index in [1.165, 1.54) is 41.5 Å². The number of thiophene rings is 1. The lowest BCUT2D eigenvalue weighted by atomic mass is 10.1. The minimum atomic E-state index is 0.975. The Balaban J connectivity index is 1.83. The summed E-state index contributed by atoms with van der Waals surface area (Å²) in [5, 5.41) is 1.23. The summed E-state index contributed by atoms with van der Waals surface area (Å²) in [4.78, 5) is 16.3. The van der Waals surface area contributed by atoms with Crippen molar-refractivity contribution in [1.82, 2.24) is 19.5 Å². The minimum absolute atomic E-state index is 0.975. The topological polar surface area (TPSA) is 43.6 Å². The molecule has 0 spiro atoms. The molecule has 1 aliphatic carbocycles. The van der Waals surface area contributed by atoms with Crippen LogP contribution in [0.2, 0.25) is 0 Å². The molecule has 0 N–H and O–H groups in total. The lowest BCUT2D eigenvalue weighted by Crippen LogP contribution is -1.99. The number of imidazole rings is 1. The molecule has 0 bridgehead atoms. The van der Waals surface area contributed by atoms with E-state index < -0.39 is 0 Å². The zero-order valence-electron chi connectivity index (χ0n) is 12.7. The van der Waals surface area contributed by atoms with Crippen molar-refractivity contribution in [3.63, 3.8) is 0 Å². The van der Waals surface area contributed by atoms with Crippen LogP contribution in [-0.4, -0.2) is 19.5 Å². The van der Waals surface area contributed by atoms with Gasteiger partial charge in [-0.15, -0.1) is 11.3 Å². The van der Waals surface area contributed by atoms with E-state index in [9.17, 15) is 0 Å². The maximum absolute atomic E-state index is 4.63. The van der Waals surface area contributed by atoms with Crippen LogP contribution in [0.25, 0.3) is 27.1 Å². The third-order valence-electron chi connectivity index (χ3n) is 4.66. The Morgan fingerprint density at radius 3 is 2.87 bits per heavy atom. The molecule has 0 saturated carbocycles. The molecule has 0 amide bonds. The molecule has 1 aromatic carbocycles. The highest BCUT2D eigenvalue weighted by atomic mass is 32.1. The Morgan fingerprint density at radius 1 is 0.957 bits per heavy atom. The van der Waals surface area contributed by atoms with Crippen molar-refractivity contribution < 1.29 is 0 Å². The summed E-state index contributed by atoms with van der Waals surface area (Å²) in [6.45, 7) is 0. The van der Waals surface area contributed by atoms with Gasteiger partial charge in [0.15, 0.2) is 5.82 Å². The molecule has 5 heteroatoms. The molecule has 114 valence electrons. The van der Waals surface area contributed by atoms with Crippen LogP contribution in [0.3, 0.4) is 0 Å². The summed E-state index contributed by atoms with van der Waals surface area (Å²) in [5.41, 5.74) is 3.57. The summed E-state index contributed by atoms with van der Waals surface area (Å²) >= 11 is 1.85. The average molecular weight is 320 g/mol. The van der Waals surface area contributed by atoms with E-state index in [4.69, 9.17) is 0 Å².